The summed E-state index contributed by atoms with van der Waals surface area (Å²) in [6.07, 6.45) is 0. The van der Waals surface area contributed by atoms with Gasteiger partial charge in [-0.3, -0.25) is 10.1 Å². The maximum absolute atomic E-state index is 10.9. The molecule has 18 heavy (non-hydrogen) atoms. The minimum Gasteiger partial charge on any atom is -0.490 e. The van der Waals surface area contributed by atoms with Crippen LogP contribution in [-0.4, -0.2) is 12.0 Å². The van der Waals surface area contributed by atoms with Crippen LogP contribution in [0.1, 0.15) is 19.4 Å². The second-order valence-corrected chi connectivity index (χ2v) is 3.55. The smallest absolute Gasteiger partial charge is 0.311 e. The van der Waals surface area contributed by atoms with Crippen molar-refractivity contribution in [3.8, 4) is 5.75 Å². The van der Waals surface area contributed by atoms with Gasteiger partial charge in [-0.25, -0.2) is 0 Å². The van der Waals surface area contributed by atoms with Crippen molar-refractivity contribution in [3.63, 3.8) is 0 Å². The number of aryl methyl sites for hydroxylation is 1. The van der Waals surface area contributed by atoms with E-state index in [1.165, 1.54) is 7.11 Å². The van der Waals surface area contributed by atoms with E-state index >= 15 is 0 Å². The van der Waals surface area contributed by atoms with Gasteiger partial charge in [0.1, 0.15) is 0 Å². The molecule has 0 bridgehead atoms. The summed E-state index contributed by atoms with van der Waals surface area (Å²) in [4.78, 5) is 10.5. The molecule has 96 valence electrons. The number of ether oxygens (including phenoxy) is 1. The highest BCUT2D eigenvalue weighted by molar-refractivity contribution is 5.94. The third-order valence-corrected chi connectivity index (χ3v) is 2.58. The van der Waals surface area contributed by atoms with Gasteiger partial charge in [0.2, 0.25) is 5.75 Å². The van der Waals surface area contributed by atoms with Crippen LogP contribution in [0, 0.1) is 17.0 Å². The van der Waals surface area contributed by atoms with Gasteiger partial charge in [0.15, 0.2) is 0 Å². The molecule has 0 heterocycles. The molecule has 0 aromatic heterocycles. The van der Waals surface area contributed by atoms with Crippen LogP contribution >= 0.6 is 0 Å². The van der Waals surface area contributed by atoms with Gasteiger partial charge >= 0.3 is 5.69 Å². The zero-order valence-electron chi connectivity index (χ0n) is 11.1. The SMILES string of the molecule is CC.COc1c([N+](=O)[O-])cc(C)c2ccccc12. The number of rotatable bonds is 2. The van der Waals surface area contributed by atoms with Crippen molar-refractivity contribution < 1.29 is 9.66 Å². The van der Waals surface area contributed by atoms with Crippen molar-refractivity contribution in [2.75, 3.05) is 7.11 Å². The average molecular weight is 247 g/mol. The first kappa shape index (κ1) is 14.0. The minimum absolute atomic E-state index is 0.0127. The Balaban J connectivity index is 0.000000771. The normalized spacial score (nSPS) is 9.56. The third-order valence-electron chi connectivity index (χ3n) is 2.58. The highest BCUT2D eigenvalue weighted by atomic mass is 16.6. The fourth-order valence-electron chi connectivity index (χ4n) is 1.86. The van der Waals surface area contributed by atoms with Crippen LogP contribution in [0.25, 0.3) is 10.8 Å². The summed E-state index contributed by atoms with van der Waals surface area (Å²) in [6.45, 7) is 5.86. The van der Waals surface area contributed by atoms with E-state index in [0.29, 0.717) is 5.75 Å². The molecule has 0 spiro atoms. The highest BCUT2D eigenvalue weighted by Crippen LogP contribution is 2.36. The summed E-state index contributed by atoms with van der Waals surface area (Å²) in [5.41, 5.74) is 0.891. The average Bonchev–Trinajstić information content (AvgIpc) is 2.41. The number of nitrogens with zero attached hydrogens (tertiary/aromatic N) is 1. The van der Waals surface area contributed by atoms with Gasteiger partial charge in [-0.15, -0.1) is 0 Å². The van der Waals surface area contributed by atoms with Crippen molar-refractivity contribution in [2.24, 2.45) is 0 Å². The van der Waals surface area contributed by atoms with E-state index in [4.69, 9.17) is 4.74 Å². The Kier molecular flexibility index (Phi) is 4.66. The predicted molar refractivity (Wildman–Crippen MR) is 73.2 cm³/mol. The lowest BCUT2D eigenvalue weighted by Gasteiger charge is -2.08. The van der Waals surface area contributed by atoms with E-state index in [-0.39, 0.29) is 5.69 Å². The summed E-state index contributed by atoms with van der Waals surface area (Å²) >= 11 is 0. The molecule has 0 unspecified atom stereocenters. The first-order chi connectivity index (χ1) is 8.65. The molecule has 0 aliphatic rings. The third kappa shape index (κ3) is 2.42. The van der Waals surface area contributed by atoms with Crippen LogP contribution in [-0.2, 0) is 0 Å². The second-order valence-electron chi connectivity index (χ2n) is 3.55. The number of hydrogen-bond acceptors (Lipinski definition) is 3. The molecule has 0 amide bonds. The highest BCUT2D eigenvalue weighted by Gasteiger charge is 2.18. The number of nitro benzene ring substituents is 1. The number of hydrogen-bond donors (Lipinski definition) is 0. The molecule has 2 rings (SSSR count). The molecule has 2 aromatic rings. The lowest BCUT2D eigenvalue weighted by molar-refractivity contribution is -0.385. The standard InChI is InChI=1S/C12H11NO3.C2H6/c1-8-7-11(13(14)15)12(16-2)10-6-4-3-5-9(8)10;1-2/h3-7H,1-2H3;1-2H3. The summed E-state index contributed by atoms with van der Waals surface area (Å²) in [6, 6.07) is 9.04. The monoisotopic (exact) mass is 247 g/mol. The van der Waals surface area contributed by atoms with E-state index in [2.05, 4.69) is 0 Å². The topological polar surface area (TPSA) is 52.4 Å². The minimum atomic E-state index is -0.418. The predicted octanol–water partition coefficient (Wildman–Crippen LogP) is 4.09. The fraction of sp³-hybridized carbons (Fsp3) is 0.286. The molecule has 0 atom stereocenters. The quantitative estimate of drug-likeness (QED) is 0.593. The summed E-state index contributed by atoms with van der Waals surface area (Å²) < 4.78 is 5.13. The van der Waals surface area contributed by atoms with E-state index in [1.54, 1.807) is 6.07 Å². The number of methoxy groups -OCH3 is 1. The maximum Gasteiger partial charge on any atom is 0.311 e. The Bertz CT molecular complexity index is 564. The Hall–Kier alpha value is -2.10. The Morgan fingerprint density at radius 3 is 2.22 bits per heavy atom. The lowest BCUT2D eigenvalue weighted by Crippen LogP contribution is -1.96. The zero-order chi connectivity index (χ0) is 13.7. The molecule has 0 fully saturated rings. The van der Waals surface area contributed by atoms with Gasteiger partial charge in [-0.2, -0.15) is 0 Å². The van der Waals surface area contributed by atoms with Gasteiger partial charge < -0.3 is 4.74 Å². The van der Waals surface area contributed by atoms with Crippen molar-refractivity contribution in [1.29, 1.82) is 0 Å². The first-order valence-electron chi connectivity index (χ1n) is 5.86. The van der Waals surface area contributed by atoms with Gasteiger partial charge in [-0.05, 0) is 17.9 Å². The summed E-state index contributed by atoms with van der Waals surface area (Å²) in [7, 11) is 1.45. The molecule has 4 nitrogen and oxygen atoms in total. The van der Waals surface area contributed by atoms with Crippen LogP contribution in [0.4, 0.5) is 5.69 Å². The van der Waals surface area contributed by atoms with Crippen LogP contribution in [0.3, 0.4) is 0 Å². The van der Waals surface area contributed by atoms with Crippen molar-refractivity contribution >= 4 is 16.5 Å². The van der Waals surface area contributed by atoms with Crippen LogP contribution < -0.4 is 4.74 Å². The van der Waals surface area contributed by atoms with E-state index in [1.807, 2.05) is 45.0 Å². The maximum atomic E-state index is 10.9. The molecule has 0 saturated carbocycles. The van der Waals surface area contributed by atoms with E-state index < -0.39 is 4.92 Å². The van der Waals surface area contributed by atoms with Gasteiger partial charge in [0, 0.05) is 11.5 Å². The molecule has 0 aliphatic heterocycles. The van der Waals surface area contributed by atoms with E-state index in [0.717, 1.165) is 16.3 Å². The molecule has 0 N–H and O–H groups in total. The number of fused-ring (bicyclic) bond motifs is 1. The summed E-state index contributed by atoms with van der Waals surface area (Å²) in [5.74, 6) is 0.325. The molecular formula is C14H17NO3. The molecule has 0 saturated heterocycles. The largest absolute Gasteiger partial charge is 0.490 e. The zero-order valence-corrected chi connectivity index (χ0v) is 11.1. The Labute approximate surface area is 106 Å². The summed E-state index contributed by atoms with van der Waals surface area (Å²) in [5, 5.41) is 12.7. The number of benzene rings is 2. The number of nitro groups is 1. The van der Waals surface area contributed by atoms with Crippen LogP contribution in [0.5, 0.6) is 5.75 Å². The lowest BCUT2D eigenvalue weighted by atomic mass is 10.0. The van der Waals surface area contributed by atoms with Crippen LogP contribution in [0.2, 0.25) is 0 Å². The fourth-order valence-corrected chi connectivity index (χ4v) is 1.86. The Morgan fingerprint density at radius 1 is 1.17 bits per heavy atom. The van der Waals surface area contributed by atoms with Gasteiger partial charge in [-0.1, -0.05) is 38.1 Å². The van der Waals surface area contributed by atoms with Crippen molar-refractivity contribution in [2.45, 2.75) is 20.8 Å². The van der Waals surface area contributed by atoms with Crippen LogP contribution in [0.15, 0.2) is 30.3 Å². The molecule has 2 aromatic carbocycles. The van der Waals surface area contributed by atoms with Gasteiger partial charge in [0.05, 0.1) is 12.0 Å². The Morgan fingerprint density at radius 2 is 1.72 bits per heavy atom. The second kappa shape index (κ2) is 6.00. The van der Waals surface area contributed by atoms with Gasteiger partial charge in [0.25, 0.3) is 0 Å². The molecule has 0 aliphatic carbocycles. The molecule has 4 heteroatoms. The van der Waals surface area contributed by atoms with E-state index in [9.17, 15) is 10.1 Å². The van der Waals surface area contributed by atoms with Crippen molar-refractivity contribution in [3.05, 3.63) is 46.0 Å². The first-order valence-corrected chi connectivity index (χ1v) is 5.86. The molecular weight excluding hydrogens is 230 g/mol. The molecule has 0 radical (unpaired) electrons. The van der Waals surface area contributed by atoms with Crippen molar-refractivity contribution in [1.82, 2.24) is 0 Å².